The number of nitrogens with two attached hydrogens (primary N) is 1. The standard InChI is InChI=1S/C18H23N/c1-5-18(3,4)16-10-8-14(9-11-16)15-7-6-13(2)17(19)12-15/h6-12H,5,19H2,1-4H3. The molecule has 100 valence electrons. The molecular weight excluding hydrogens is 230 g/mol. The Morgan fingerprint density at radius 3 is 2.05 bits per heavy atom. The predicted octanol–water partition coefficient (Wildman–Crippen LogP) is 4.93. The maximum atomic E-state index is 5.98. The van der Waals surface area contributed by atoms with Crippen LogP contribution < -0.4 is 5.73 Å². The molecule has 0 bridgehead atoms. The molecule has 0 saturated heterocycles. The van der Waals surface area contributed by atoms with E-state index in [-0.39, 0.29) is 5.41 Å². The molecule has 2 N–H and O–H groups in total. The van der Waals surface area contributed by atoms with E-state index in [1.807, 2.05) is 6.92 Å². The normalized spacial score (nSPS) is 11.6. The Bertz CT molecular complexity index is 565. The molecule has 0 spiro atoms. The minimum Gasteiger partial charge on any atom is -0.398 e. The first kappa shape index (κ1) is 13.7. The van der Waals surface area contributed by atoms with Crippen LogP contribution in [0.2, 0.25) is 0 Å². The molecule has 1 nitrogen and oxygen atoms in total. The molecule has 1 heteroatoms. The van der Waals surface area contributed by atoms with Crippen molar-refractivity contribution in [1.82, 2.24) is 0 Å². The van der Waals surface area contributed by atoms with Crippen molar-refractivity contribution in [2.45, 2.75) is 39.5 Å². The van der Waals surface area contributed by atoms with Gasteiger partial charge in [0, 0.05) is 5.69 Å². The minimum atomic E-state index is 0.241. The highest BCUT2D eigenvalue weighted by Crippen LogP contribution is 2.29. The van der Waals surface area contributed by atoms with Crippen molar-refractivity contribution in [2.75, 3.05) is 5.73 Å². The fourth-order valence-electron chi connectivity index (χ4n) is 2.14. The van der Waals surface area contributed by atoms with E-state index in [0.717, 1.165) is 17.7 Å². The summed E-state index contributed by atoms with van der Waals surface area (Å²) in [6.45, 7) is 8.83. The van der Waals surface area contributed by atoms with Crippen molar-refractivity contribution in [3.05, 3.63) is 53.6 Å². The zero-order valence-electron chi connectivity index (χ0n) is 12.3. The van der Waals surface area contributed by atoms with Crippen LogP contribution in [0.5, 0.6) is 0 Å². The van der Waals surface area contributed by atoms with Gasteiger partial charge in [0.25, 0.3) is 0 Å². The van der Waals surface area contributed by atoms with Crippen molar-refractivity contribution < 1.29 is 0 Å². The van der Waals surface area contributed by atoms with Crippen molar-refractivity contribution >= 4 is 5.69 Å². The highest BCUT2D eigenvalue weighted by atomic mass is 14.6. The average molecular weight is 253 g/mol. The summed E-state index contributed by atoms with van der Waals surface area (Å²) in [5.74, 6) is 0. The molecule has 19 heavy (non-hydrogen) atoms. The Morgan fingerprint density at radius 2 is 1.53 bits per heavy atom. The van der Waals surface area contributed by atoms with Crippen LogP contribution in [0.25, 0.3) is 11.1 Å². The number of aryl methyl sites for hydroxylation is 1. The van der Waals surface area contributed by atoms with Gasteiger partial charge >= 0.3 is 0 Å². The van der Waals surface area contributed by atoms with Crippen molar-refractivity contribution in [2.24, 2.45) is 0 Å². The van der Waals surface area contributed by atoms with Gasteiger partial charge in [0.05, 0.1) is 0 Å². The van der Waals surface area contributed by atoms with Gasteiger partial charge in [-0.25, -0.2) is 0 Å². The second-order valence-electron chi connectivity index (χ2n) is 5.89. The summed E-state index contributed by atoms with van der Waals surface area (Å²) in [6, 6.07) is 15.1. The first-order chi connectivity index (χ1) is 8.94. The molecule has 2 aromatic carbocycles. The Balaban J connectivity index is 2.35. The van der Waals surface area contributed by atoms with Crippen LogP contribution in [0.15, 0.2) is 42.5 Å². The molecular formula is C18H23N. The van der Waals surface area contributed by atoms with Gasteiger partial charge in [0.2, 0.25) is 0 Å². The first-order valence-electron chi connectivity index (χ1n) is 6.91. The van der Waals surface area contributed by atoms with Gasteiger partial charge < -0.3 is 5.73 Å². The third-order valence-corrected chi connectivity index (χ3v) is 4.16. The molecule has 0 heterocycles. The van der Waals surface area contributed by atoms with E-state index in [9.17, 15) is 0 Å². The van der Waals surface area contributed by atoms with Crippen molar-refractivity contribution in [3.8, 4) is 11.1 Å². The second-order valence-corrected chi connectivity index (χ2v) is 5.89. The molecule has 0 aliphatic rings. The van der Waals surface area contributed by atoms with Crippen LogP contribution in [0.3, 0.4) is 0 Å². The minimum absolute atomic E-state index is 0.241. The molecule has 0 aromatic heterocycles. The van der Waals surface area contributed by atoms with Gasteiger partial charge in [-0.1, -0.05) is 57.2 Å². The molecule has 0 radical (unpaired) electrons. The zero-order valence-corrected chi connectivity index (χ0v) is 12.3. The van der Waals surface area contributed by atoms with Crippen molar-refractivity contribution in [1.29, 1.82) is 0 Å². The summed E-state index contributed by atoms with van der Waals surface area (Å²) in [6.07, 6.45) is 1.14. The average Bonchev–Trinajstić information content (AvgIpc) is 2.42. The first-order valence-corrected chi connectivity index (χ1v) is 6.91. The fourth-order valence-corrected chi connectivity index (χ4v) is 2.14. The fraction of sp³-hybridized carbons (Fsp3) is 0.333. The molecule has 0 fully saturated rings. The number of anilines is 1. The number of hydrogen-bond donors (Lipinski definition) is 1. The van der Waals surface area contributed by atoms with Gasteiger partial charge in [0.15, 0.2) is 0 Å². The smallest absolute Gasteiger partial charge is 0.0349 e. The topological polar surface area (TPSA) is 26.0 Å². The van der Waals surface area contributed by atoms with E-state index in [1.54, 1.807) is 0 Å². The molecule has 0 aliphatic heterocycles. The number of hydrogen-bond acceptors (Lipinski definition) is 1. The van der Waals surface area contributed by atoms with Gasteiger partial charge in [-0.3, -0.25) is 0 Å². The Kier molecular flexibility index (Phi) is 3.66. The van der Waals surface area contributed by atoms with Crippen LogP contribution >= 0.6 is 0 Å². The number of benzene rings is 2. The maximum Gasteiger partial charge on any atom is 0.0349 e. The third-order valence-electron chi connectivity index (χ3n) is 4.16. The molecule has 0 saturated carbocycles. The Morgan fingerprint density at radius 1 is 0.947 bits per heavy atom. The van der Waals surface area contributed by atoms with E-state index in [0.29, 0.717) is 0 Å². The molecule has 0 atom stereocenters. The predicted molar refractivity (Wildman–Crippen MR) is 84.3 cm³/mol. The monoisotopic (exact) mass is 253 g/mol. The summed E-state index contributed by atoms with van der Waals surface area (Å²) in [7, 11) is 0. The van der Waals surface area contributed by atoms with Crippen LogP contribution in [0.4, 0.5) is 5.69 Å². The summed E-state index contributed by atoms with van der Waals surface area (Å²) < 4.78 is 0. The molecule has 2 aromatic rings. The number of rotatable bonds is 3. The highest BCUT2D eigenvalue weighted by Gasteiger charge is 2.17. The van der Waals surface area contributed by atoms with Crippen LogP contribution in [-0.2, 0) is 5.41 Å². The SMILES string of the molecule is CCC(C)(C)c1ccc(-c2ccc(C)c(N)c2)cc1. The van der Waals surface area contributed by atoms with Gasteiger partial charge in [-0.05, 0) is 47.1 Å². The van der Waals surface area contributed by atoms with E-state index in [2.05, 4.69) is 63.2 Å². The lowest BCUT2D eigenvalue weighted by atomic mass is 9.82. The Hall–Kier alpha value is -1.76. The molecule has 0 aliphatic carbocycles. The van der Waals surface area contributed by atoms with E-state index < -0.39 is 0 Å². The van der Waals surface area contributed by atoms with Gasteiger partial charge in [-0.15, -0.1) is 0 Å². The summed E-state index contributed by atoms with van der Waals surface area (Å²) in [4.78, 5) is 0. The van der Waals surface area contributed by atoms with Crippen LogP contribution in [-0.4, -0.2) is 0 Å². The van der Waals surface area contributed by atoms with Crippen LogP contribution in [0, 0.1) is 6.92 Å². The summed E-state index contributed by atoms with van der Waals surface area (Å²) >= 11 is 0. The lowest BCUT2D eigenvalue weighted by Gasteiger charge is -2.23. The second kappa shape index (κ2) is 5.08. The zero-order chi connectivity index (χ0) is 14.0. The van der Waals surface area contributed by atoms with E-state index in [1.165, 1.54) is 16.7 Å². The summed E-state index contributed by atoms with van der Waals surface area (Å²) in [5, 5.41) is 0. The molecule has 0 unspecified atom stereocenters. The quantitative estimate of drug-likeness (QED) is 0.771. The van der Waals surface area contributed by atoms with E-state index in [4.69, 9.17) is 5.73 Å². The lowest BCUT2D eigenvalue weighted by molar-refractivity contribution is 0.506. The number of nitrogen functional groups attached to an aromatic ring is 1. The van der Waals surface area contributed by atoms with Crippen LogP contribution in [0.1, 0.15) is 38.3 Å². The highest BCUT2D eigenvalue weighted by molar-refractivity contribution is 5.69. The lowest BCUT2D eigenvalue weighted by Crippen LogP contribution is -2.14. The van der Waals surface area contributed by atoms with Gasteiger partial charge in [0.1, 0.15) is 0 Å². The summed E-state index contributed by atoms with van der Waals surface area (Å²) in [5.41, 5.74) is 12.0. The van der Waals surface area contributed by atoms with E-state index >= 15 is 0 Å². The molecule has 0 amide bonds. The third kappa shape index (κ3) is 2.81. The van der Waals surface area contributed by atoms with Gasteiger partial charge in [-0.2, -0.15) is 0 Å². The largest absolute Gasteiger partial charge is 0.398 e. The Labute approximate surface area is 116 Å². The molecule has 2 rings (SSSR count). The van der Waals surface area contributed by atoms with Crippen molar-refractivity contribution in [3.63, 3.8) is 0 Å². The maximum absolute atomic E-state index is 5.98.